The van der Waals surface area contributed by atoms with Crippen molar-refractivity contribution in [1.29, 1.82) is 0 Å². The van der Waals surface area contributed by atoms with Crippen LogP contribution < -0.4 is 0 Å². The summed E-state index contributed by atoms with van der Waals surface area (Å²) in [6, 6.07) is 15.9. The minimum Gasteiger partial charge on any atom is -0.222 e. The highest BCUT2D eigenvalue weighted by Crippen LogP contribution is 2.33. The Morgan fingerprint density at radius 1 is 0.944 bits per heavy atom. The molecule has 0 fully saturated rings. The third-order valence-electron chi connectivity index (χ3n) is 2.68. The van der Waals surface area contributed by atoms with E-state index in [1.807, 2.05) is 31.2 Å². The second-order valence-electron chi connectivity index (χ2n) is 4.08. The predicted octanol–water partition coefficient (Wildman–Crippen LogP) is 3.86. The van der Waals surface area contributed by atoms with Crippen molar-refractivity contribution in [3.8, 4) is 0 Å². The predicted molar refractivity (Wildman–Crippen MR) is 76.5 cm³/mol. The van der Waals surface area contributed by atoms with Crippen LogP contribution in [0.5, 0.6) is 0 Å². The lowest BCUT2D eigenvalue weighted by atomic mass is 10.2. The minimum absolute atomic E-state index is 0.326. The summed E-state index contributed by atoms with van der Waals surface area (Å²) in [6.45, 7) is 1.97. The molecular weight excluding hydrogens is 312 g/mol. The molecule has 2 nitrogen and oxygen atoms in total. The van der Waals surface area contributed by atoms with E-state index in [-0.39, 0.29) is 0 Å². The average Bonchev–Trinajstić information content (AvgIpc) is 2.40. The molecule has 0 aliphatic carbocycles. The van der Waals surface area contributed by atoms with E-state index in [1.165, 1.54) is 0 Å². The van der Waals surface area contributed by atoms with Crippen LogP contribution in [0, 0.1) is 6.92 Å². The Morgan fingerprint density at radius 2 is 1.50 bits per heavy atom. The third kappa shape index (κ3) is 2.65. The number of aryl methyl sites for hydroxylation is 1. The summed E-state index contributed by atoms with van der Waals surface area (Å²) in [7, 11) is -3.39. The van der Waals surface area contributed by atoms with E-state index < -0.39 is 14.0 Å². The Labute approximate surface area is 116 Å². The summed E-state index contributed by atoms with van der Waals surface area (Å²) < 4.78 is 24.0. The first-order chi connectivity index (χ1) is 8.51. The maximum Gasteiger partial charge on any atom is 0.195 e. The van der Waals surface area contributed by atoms with Gasteiger partial charge in [-0.1, -0.05) is 64.0 Å². The van der Waals surface area contributed by atoms with Gasteiger partial charge in [-0.15, -0.1) is 0 Å². The molecule has 2 rings (SSSR count). The van der Waals surface area contributed by atoms with Gasteiger partial charge in [0, 0.05) is 0 Å². The van der Waals surface area contributed by atoms with Gasteiger partial charge >= 0.3 is 0 Å². The van der Waals surface area contributed by atoms with Gasteiger partial charge in [-0.3, -0.25) is 0 Å². The molecule has 2 aromatic carbocycles. The molecule has 0 unspecified atom stereocenters. The van der Waals surface area contributed by atoms with E-state index >= 15 is 0 Å². The molecule has 0 N–H and O–H groups in total. The molecular formula is C14H13BrO2S. The smallest absolute Gasteiger partial charge is 0.195 e. The molecule has 0 aliphatic rings. The van der Waals surface area contributed by atoms with Gasteiger partial charge in [0.15, 0.2) is 9.84 Å². The standard InChI is InChI=1S/C14H13BrO2S/c1-11-7-9-12(10-8-11)14(15)18(16,17)13-5-3-2-4-6-13/h2-10,14H,1H3/t14-/m0/s1. The summed E-state index contributed by atoms with van der Waals surface area (Å²) in [5.41, 5.74) is 1.85. The van der Waals surface area contributed by atoms with Gasteiger partial charge in [0.25, 0.3) is 0 Å². The minimum atomic E-state index is -3.39. The van der Waals surface area contributed by atoms with Crippen LogP contribution in [-0.2, 0) is 9.84 Å². The lowest BCUT2D eigenvalue weighted by Gasteiger charge is -2.12. The Bertz CT molecular complexity index is 619. The molecule has 94 valence electrons. The van der Waals surface area contributed by atoms with Crippen molar-refractivity contribution < 1.29 is 8.42 Å². The molecule has 0 spiro atoms. The quantitative estimate of drug-likeness (QED) is 0.803. The van der Waals surface area contributed by atoms with Crippen LogP contribution >= 0.6 is 15.9 Å². The first-order valence-corrected chi connectivity index (χ1v) is 7.97. The van der Waals surface area contributed by atoms with Crippen LogP contribution in [0.1, 0.15) is 15.3 Å². The summed E-state index contributed by atoms with van der Waals surface area (Å²) in [6.07, 6.45) is 0. The molecule has 0 amide bonds. The van der Waals surface area contributed by atoms with E-state index in [4.69, 9.17) is 0 Å². The second-order valence-corrected chi connectivity index (χ2v) is 7.64. The van der Waals surface area contributed by atoms with E-state index in [2.05, 4.69) is 15.9 Å². The number of alkyl halides is 1. The van der Waals surface area contributed by atoms with Gasteiger partial charge in [-0.25, -0.2) is 8.42 Å². The zero-order valence-corrected chi connectivity index (χ0v) is 12.3. The number of hydrogen-bond acceptors (Lipinski definition) is 2. The highest BCUT2D eigenvalue weighted by Gasteiger charge is 2.26. The van der Waals surface area contributed by atoms with Crippen LogP contribution in [0.3, 0.4) is 0 Å². The van der Waals surface area contributed by atoms with Crippen molar-refractivity contribution in [3.63, 3.8) is 0 Å². The van der Waals surface area contributed by atoms with Crippen LogP contribution in [0.15, 0.2) is 59.5 Å². The Hall–Kier alpha value is -1.13. The molecule has 0 bridgehead atoms. The highest BCUT2D eigenvalue weighted by atomic mass is 79.9. The van der Waals surface area contributed by atoms with Crippen molar-refractivity contribution in [2.24, 2.45) is 0 Å². The molecule has 0 saturated heterocycles. The van der Waals surface area contributed by atoms with Crippen LogP contribution in [0.2, 0.25) is 0 Å². The van der Waals surface area contributed by atoms with Crippen molar-refractivity contribution in [1.82, 2.24) is 0 Å². The molecule has 0 saturated carbocycles. The lowest BCUT2D eigenvalue weighted by Crippen LogP contribution is -2.08. The van der Waals surface area contributed by atoms with Gasteiger partial charge < -0.3 is 0 Å². The van der Waals surface area contributed by atoms with Crippen LogP contribution in [0.25, 0.3) is 0 Å². The van der Waals surface area contributed by atoms with Gasteiger partial charge in [0.2, 0.25) is 0 Å². The molecule has 0 aliphatic heterocycles. The molecule has 1 atom stereocenters. The average molecular weight is 325 g/mol. The molecule has 2 aromatic rings. The monoisotopic (exact) mass is 324 g/mol. The fourth-order valence-electron chi connectivity index (χ4n) is 1.63. The lowest BCUT2D eigenvalue weighted by molar-refractivity contribution is 0.595. The highest BCUT2D eigenvalue weighted by molar-refractivity contribution is 9.10. The van der Waals surface area contributed by atoms with E-state index in [0.29, 0.717) is 4.90 Å². The largest absolute Gasteiger partial charge is 0.222 e. The van der Waals surface area contributed by atoms with Gasteiger partial charge in [-0.2, -0.15) is 0 Å². The molecule has 4 heteroatoms. The zero-order valence-electron chi connectivity index (χ0n) is 9.88. The summed E-state index contributed by atoms with van der Waals surface area (Å²) >= 11 is 3.28. The molecule has 0 aromatic heterocycles. The van der Waals surface area contributed by atoms with Gasteiger partial charge in [0.1, 0.15) is 4.16 Å². The molecule has 0 radical (unpaired) electrons. The second kappa shape index (κ2) is 5.24. The van der Waals surface area contributed by atoms with E-state index in [1.54, 1.807) is 30.3 Å². The van der Waals surface area contributed by atoms with Gasteiger partial charge in [0.05, 0.1) is 4.90 Å². The third-order valence-corrected chi connectivity index (χ3v) is 6.43. The van der Waals surface area contributed by atoms with Crippen LogP contribution in [-0.4, -0.2) is 8.42 Å². The number of benzene rings is 2. The van der Waals surface area contributed by atoms with Crippen LogP contribution in [0.4, 0.5) is 0 Å². The normalized spacial score (nSPS) is 13.2. The van der Waals surface area contributed by atoms with Gasteiger partial charge in [-0.05, 0) is 24.6 Å². The number of sulfone groups is 1. The first kappa shape index (κ1) is 13.3. The maximum atomic E-state index is 12.4. The van der Waals surface area contributed by atoms with E-state index in [0.717, 1.165) is 11.1 Å². The Kier molecular flexibility index (Phi) is 3.88. The fraction of sp³-hybridized carbons (Fsp3) is 0.143. The fourth-order valence-corrected chi connectivity index (χ4v) is 3.87. The van der Waals surface area contributed by atoms with Crippen molar-refractivity contribution in [2.75, 3.05) is 0 Å². The topological polar surface area (TPSA) is 34.1 Å². The first-order valence-electron chi connectivity index (χ1n) is 5.51. The number of hydrogen-bond donors (Lipinski definition) is 0. The summed E-state index contributed by atoms with van der Waals surface area (Å²) in [4.78, 5) is 0.326. The summed E-state index contributed by atoms with van der Waals surface area (Å²) in [5.74, 6) is 0. The SMILES string of the molecule is Cc1ccc([C@@H](Br)S(=O)(=O)c2ccccc2)cc1. The molecule has 0 heterocycles. The Balaban J connectivity index is 2.39. The maximum absolute atomic E-state index is 12.4. The van der Waals surface area contributed by atoms with Crippen molar-refractivity contribution >= 4 is 25.8 Å². The van der Waals surface area contributed by atoms with Crippen molar-refractivity contribution in [2.45, 2.75) is 16.0 Å². The summed E-state index contributed by atoms with van der Waals surface area (Å²) in [5, 5.41) is 0. The zero-order chi connectivity index (χ0) is 13.2. The van der Waals surface area contributed by atoms with E-state index in [9.17, 15) is 8.42 Å². The number of rotatable bonds is 3. The number of halogens is 1. The Morgan fingerprint density at radius 3 is 2.06 bits per heavy atom. The van der Waals surface area contributed by atoms with Crippen molar-refractivity contribution in [3.05, 3.63) is 65.7 Å². The molecule has 18 heavy (non-hydrogen) atoms.